The fourth-order valence-corrected chi connectivity index (χ4v) is 2.09. The molecule has 0 saturated heterocycles. The number of carbonyl (C=O) groups is 1. The SMILES string of the molecule is CC(N)CCS(=O)CCC(=O)N(C)C. The second kappa shape index (κ2) is 6.95. The van der Waals surface area contributed by atoms with E-state index in [0.717, 1.165) is 6.42 Å². The first-order valence-corrected chi connectivity index (χ1v) is 6.23. The van der Waals surface area contributed by atoms with Crippen LogP contribution in [0.1, 0.15) is 19.8 Å². The van der Waals surface area contributed by atoms with Gasteiger partial charge in [-0.2, -0.15) is 0 Å². The topological polar surface area (TPSA) is 63.4 Å². The predicted octanol–water partition coefficient (Wildman–Crippen LogP) is -0.0493. The van der Waals surface area contributed by atoms with Gasteiger partial charge in [-0.1, -0.05) is 0 Å². The van der Waals surface area contributed by atoms with E-state index in [1.165, 1.54) is 4.90 Å². The lowest BCUT2D eigenvalue weighted by Gasteiger charge is -2.09. The van der Waals surface area contributed by atoms with E-state index in [-0.39, 0.29) is 11.9 Å². The van der Waals surface area contributed by atoms with E-state index in [2.05, 4.69) is 0 Å². The Labute approximate surface area is 88.3 Å². The molecule has 0 aliphatic carbocycles. The van der Waals surface area contributed by atoms with Crippen molar-refractivity contribution in [2.24, 2.45) is 5.73 Å². The molecular formula is C9H20N2O2S. The number of hydrogen-bond acceptors (Lipinski definition) is 3. The predicted molar refractivity (Wildman–Crippen MR) is 59.5 cm³/mol. The Balaban J connectivity index is 3.59. The summed E-state index contributed by atoms with van der Waals surface area (Å²) in [5, 5.41) is 0. The van der Waals surface area contributed by atoms with Crippen molar-refractivity contribution in [1.29, 1.82) is 0 Å². The number of carbonyl (C=O) groups excluding carboxylic acids is 1. The molecule has 0 rings (SSSR count). The quantitative estimate of drug-likeness (QED) is 0.682. The Hall–Kier alpha value is -0.420. The van der Waals surface area contributed by atoms with Crippen molar-refractivity contribution in [2.45, 2.75) is 25.8 Å². The molecular weight excluding hydrogens is 200 g/mol. The fourth-order valence-electron chi connectivity index (χ4n) is 0.844. The van der Waals surface area contributed by atoms with Crippen LogP contribution in [0.5, 0.6) is 0 Å². The summed E-state index contributed by atoms with van der Waals surface area (Å²) < 4.78 is 11.4. The van der Waals surface area contributed by atoms with Crippen LogP contribution < -0.4 is 5.73 Å². The zero-order valence-electron chi connectivity index (χ0n) is 9.16. The van der Waals surface area contributed by atoms with Crippen molar-refractivity contribution < 1.29 is 9.00 Å². The Bertz CT molecular complexity index is 205. The van der Waals surface area contributed by atoms with Gasteiger partial charge in [-0.3, -0.25) is 9.00 Å². The number of nitrogens with zero attached hydrogens (tertiary/aromatic N) is 1. The average Bonchev–Trinajstić information content (AvgIpc) is 2.10. The molecule has 14 heavy (non-hydrogen) atoms. The number of hydrogen-bond donors (Lipinski definition) is 1. The molecule has 2 unspecified atom stereocenters. The summed E-state index contributed by atoms with van der Waals surface area (Å²) in [5.74, 6) is 1.07. The van der Waals surface area contributed by atoms with Crippen molar-refractivity contribution in [3.8, 4) is 0 Å². The van der Waals surface area contributed by atoms with Gasteiger partial charge in [0.25, 0.3) is 0 Å². The van der Waals surface area contributed by atoms with E-state index in [0.29, 0.717) is 17.9 Å². The van der Waals surface area contributed by atoms with Crippen LogP contribution in [0, 0.1) is 0 Å². The molecule has 0 heterocycles. The first kappa shape index (κ1) is 13.6. The summed E-state index contributed by atoms with van der Waals surface area (Å²) in [6.07, 6.45) is 1.11. The third kappa shape index (κ3) is 7.03. The molecule has 1 amide bonds. The normalized spacial score (nSPS) is 14.9. The van der Waals surface area contributed by atoms with Gasteiger partial charge in [-0.15, -0.1) is 0 Å². The number of nitrogens with two attached hydrogens (primary N) is 1. The van der Waals surface area contributed by atoms with Crippen molar-refractivity contribution in [3.05, 3.63) is 0 Å². The molecule has 2 atom stereocenters. The van der Waals surface area contributed by atoms with Crippen LogP contribution in [0.25, 0.3) is 0 Å². The van der Waals surface area contributed by atoms with E-state index < -0.39 is 10.8 Å². The number of amides is 1. The lowest BCUT2D eigenvalue weighted by molar-refractivity contribution is -0.128. The third-order valence-electron chi connectivity index (χ3n) is 1.84. The zero-order valence-corrected chi connectivity index (χ0v) is 9.97. The lowest BCUT2D eigenvalue weighted by atomic mass is 10.3. The van der Waals surface area contributed by atoms with Gasteiger partial charge in [0.15, 0.2) is 0 Å². The molecule has 5 heteroatoms. The Morgan fingerprint density at radius 1 is 1.43 bits per heavy atom. The maximum absolute atomic E-state index is 11.4. The molecule has 0 saturated carbocycles. The Morgan fingerprint density at radius 2 is 2.00 bits per heavy atom. The molecule has 2 N–H and O–H groups in total. The van der Waals surface area contributed by atoms with Gasteiger partial charge in [-0.05, 0) is 13.3 Å². The first-order chi connectivity index (χ1) is 6.43. The monoisotopic (exact) mass is 220 g/mol. The zero-order chi connectivity index (χ0) is 11.1. The van der Waals surface area contributed by atoms with Crippen LogP contribution >= 0.6 is 0 Å². The van der Waals surface area contributed by atoms with E-state index in [1.54, 1.807) is 14.1 Å². The van der Waals surface area contributed by atoms with Gasteiger partial charge in [0.2, 0.25) is 5.91 Å². The lowest BCUT2D eigenvalue weighted by Crippen LogP contribution is -2.24. The van der Waals surface area contributed by atoms with Gasteiger partial charge >= 0.3 is 0 Å². The van der Waals surface area contributed by atoms with Gasteiger partial charge in [-0.25, -0.2) is 0 Å². The van der Waals surface area contributed by atoms with Crippen LogP contribution in [0.3, 0.4) is 0 Å². The maximum atomic E-state index is 11.4. The van der Waals surface area contributed by atoms with Gasteiger partial charge in [0.1, 0.15) is 0 Å². The summed E-state index contributed by atoms with van der Waals surface area (Å²) in [6, 6.07) is 0.0866. The molecule has 0 fully saturated rings. The second-order valence-electron chi connectivity index (χ2n) is 3.65. The van der Waals surface area contributed by atoms with Crippen molar-refractivity contribution in [1.82, 2.24) is 4.90 Å². The first-order valence-electron chi connectivity index (χ1n) is 4.74. The minimum Gasteiger partial charge on any atom is -0.349 e. The van der Waals surface area contributed by atoms with E-state index >= 15 is 0 Å². The van der Waals surface area contributed by atoms with Gasteiger partial charge in [0.05, 0.1) is 0 Å². The highest BCUT2D eigenvalue weighted by Gasteiger charge is 2.07. The molecule has 0 aliphatic rings. The molecule has 0 aromatic rings. The summed E-state index contributed by atoms with van der Waals surface area (Å²) in [6.45, 7) is 1.89. The van der Waals surface area contributed by atoms with E-state index in [1.807, 2.05) is 6.92 Å². The summed E-state index contributed by atoms with van der Waals surface area (Å²) >= 11 is 0. The number of rotatable bonds is 6. The smallest absolute Gasteiger partial charge is 0.222 e. The Kier molecular flexibility index (Phi) is 6.74. The highest BCUT2D eigenvalue weighted by molar-refractivity contribution is 7.84. The average molecular weight is 220 g/mol. The van der Waals surface area contributed by atoms with Crippen LogP contribution in [0.4, 0.5) is 0 Å². The Morgan fingerprint density at radius 3 is 2.43 bits per heavy atom. The second-order valence-corrected chi connectivity index (χ2v) is 5.35. The van der Waals surface area contributed by atoms with Gasteiger partial charge in [0, 0.05) is 48.9 Å². The van der Waals surface area contributed by atoms with E-state index in [9.17, 15) is 9.00 Å². The maximum Gasteiger partial charge on any atom is 0.222 e. The molecule has 0 bridgehead atoms. The highest BCUT2D eigenvalue weighted by atomic mass is 32.2. The summed E-state index contributed by atoms with van der Waals surface area (Å²) in [4.78, 5) is 12.7. The highest BCUT2D eigenvalue weighted by Crippen LogP contribution is 1.96. The standard InChI is InChI=1S/C9H20N2O2S/c1-8(10)4-6-14(13)7-5-9(12)11(2)3/h8H,4-7,10H2,1-3H3. The van der Waals surface area contributed by atoms with Crippen LogP contribution in [0.15, 0.2) is 0 Å². The molecule has 0 spiro atoms. The minimum atomic E-state index is -0.905. The van der Waals surface area contributed by atoms with Crippen LogP contribution in [0.2, 0.25) is 0 Å². The molecule has 0 aliphatic heterocycles. The molecule has 0 aromatic heterocycles. The molecule has 4 nitrogen and oxygen atoms in total. The fraction of sp³-hybridized carbons (Fsp3) is 0.889. The molecule has 0 aromatic carbocycles. The van der Waals surface area contributed by atoms with Gasteiger partial charge < -0.3 is 10.6 Å². The largest absolute Gasteiger partial charge is 0.349 e. The molecule has 84 valence electrons. The van der Waals surface area contributed by atoms with Crippen molar-refractivity contribution in [3.63, 3.8) is 0 Å². The van der Waals surface area contributed by atoms with Crippen molar-refractivity contribution >= 4 is 16.7 Å². The minimum absolute atomic E-state index is 0.0270. The van der Waals surface area contributed by atoms with Crippen molar-refractivity contribution in [2.75, 3.05) is 25.6 Å². The summed E-state index contributed by atoms with van der Waals surface area (Å²) in [5.41, 5.74) is 5.54. The van der Waals surface area contributed by atoms with E-state index in [4.69, 9.17) is 5.73 Å². The third-order valence-corrected chi connectivity index (χ3v) is 3.19. The van der Waals surface area contributed by atoms with Crippen LogP contribution in [-0.4, -0.2) is 46.7 Å². The molecule has 0 radical (unpaired) electrons. The summed E-state index contributed by atoms with van der Waals surface area (Å²) in [7, 11) is 2.50. The van der Waals surface area contributed by atoms with Crippen LogP contribution in [-0.2, 0) is 15.6 Å².